The molecule has 13 heavy (non-hydrogen) atoms. The summed E-state index contributed by atoms with van der Waals surface area (Å²) in [6, 6.07) is 8.86. The average molecular weight is 198 g/mol. The van der Waals surface area contributed by atoms with E-state index in [0.717, 1.165) is 0 Å². The molecule has 1 rings (SSSR count). The van der Waals surface area contributed by atoms with Gasteiger partial charge in [0.25, 0.3) is 0 Å². The van der Waals surface area contributed by atoms with Crippen molar-refractivity contribution < 1.29 is 8.42 Å². The predicted molar refractivity (Wildman–Crippen MR) is 52.0 cm³/mol. The maximum Gasteiger partial charge on any atom is 0.155 e. The van der Waals surface area contributed by atoms with Crippen LogP contribution in [0.1, 0.15) is 10.8 Å². The van der Waals surface area contributed by atoms with E-state index in [4.69, 9.17) is 5.73 Å². The molecule has 1 aromatic rings. The minimum absolute atomic E-state index is 0.122. The zero-order chi connectivity index (χ0) is 9.90. The Morgan fingerprint density at radius 2 is 1.85 bits per heavy atom. The predicted octanol–water partition coefficient (Wildman–Crippen LogP) is 1.06. The molecule has 0 bridgehead atoms. The highest BCUT2D eigenvalue weighted by atomic mass is 32.2. The van der Waals surface area contributed by atoms with Gasteiger partial charge in [0.15, 0.2) is 9.84 Å². The molecule has 0 heterocycles. The van der Waals surface area contributed by atoms with Gasteiger partial charge in [0.05, 0.1) is 5.25 Å². The van der Waals surface area contributed by atoms with Gasteiger partial charge in [-0.2, -0.15) is 0 Å². The van der Waals surface area contributed by atoms with Crippen molar-refractivity contribution in [3.63, 3.8) is 0 Å². The number of hydrogen-bond donors (Lipinski definition) is 0. The Morgan fingerprint density at radius 3 is 2.23 bits per heavy atom. The molecule has 0 aromatic heterocycles. The van der Waals surface area contributed by atoms with E-state index in [1.165, 1.54) is 6.26 Å². The summed E-state index contributed by atoms with van der Waals surface area (Å²) in [5.74, 6) is 0. The first-order chi connectivity index (χ1) is 6.05. The first kappa shape index (κ1) is 10.2. The van der Waals surface area contributed by atoms with Crippen molar-refractivity contribution in [2.24, 2.45) is 0 Å². The SMILES string of the molecule is CS(=O)(=O)C(C[NH])c1ccccc1. The number of sulfone groups is 1. The second-order valence-electron chi connectivity index (χ2n) is 2.93. The Hall–Kier alpha value is -0.870. The molecule has 4 heteroatoms. The number of benzene rings is 1. The van der Waals surface area contributed by atoms with Gasteiger partial charge in [0, 0.05) is 12.8 Å². The summed E-state index contributed by atoms with van der Waals surface area (Å²) in [5, 5.41) is -0.686. The van der Waals surface area contributed by atoms with E-state index < -0.39 is 15.1 Å². The van der Waals surface area contributed by atoms with Gasteiger partial charge in [-0.05, 0) is 5.56 Å². The molecular formula is C9H12NO2S. The molecule has 0 aliphatic carbocycles. The van der Waals surface area contributed by atoms with Crippen LogP contribution in [0.3, 0.4) is 0 Å². The van der Waals surface area contributed by atoms with E-state index in [0.29, 0.717) is 5.56 Å². The molecule has 1 aromatic carbocycles. The number of rotatable bonds is 3. The van der Waals surface area contributed by atoms with Crippen LogP contribution in [0.15, 0.2) is 30.3 Å². The smallest absolute Gasteiger partial charge is 0.155 e. The van der Waals surface area contributed by atoms with Gasteiger partial charge in [-0.25, -0.2) is 8.42 Å². The first-order valence-electron chi connectivity index (χ1n) is 3.94. The quantitative estimate of drug-likeness (QED) is 0.729. The van der Waals surface area contributed by atoms with Crippen molar-refractivity contribution in [1.82, 2.24) is 5.73 Å². The number of nitrogens with one attached hydrogen (secondary N) is 1. The fourth-order valence-corrected chi connectivity index (χ4v) is 2.14. The molecule has 1 atom stereocenters. The minimum Gasteiger partial charge on any atom is -0.256 e. The van der Waals surface area contributed by atoms with Crippen LogP contribution in [-0.4, -0.2) is 21.2 Å². The van der Waals surface area contributed by atoms with Crippen molar-refractivity contribution in [3.8, 4) is 0 Å². The summed E-state index contributed by atoms with van der Waals surface area (Å²) in [6.07, 6.45) is 1.17. The van der Waals surface area contributed by atoms with Crippen LogP contribution in [0, 0.1) is 0 Å². The molecule has 0 spiro atoms. The first-order valence-corrected chi connectivity index (χ1v) is 5.89. The Kier molecular flexibility index (Phi) is 3.06. The van der Waals surface area contributed by atoms with Crippen LogP contribution in [0.4, 0.5) is 0 Å². The molecule has 0 saturated carbocycles. The van der Waals surface area contributed by atoms with Crippen LogP contribution in [0.5, 0.6) is 0 Å². The lowest BCUT2D eigenvalue weighted by Crippen LogP contribution is -2.16. The third kappa shape index (κ3) is 2.54. The molecule has 0 aliphatic heterocycles. The molecule has 1 radical (unpaired) electrons. The molecule has 0 aliphatic rings. The third-order valence-corrected chi connectivity index (χ3v) is 3.35. The van der Waals surface area contributed by atoms with Crippen molar-refractivity contribution in [1.29, 1.82) is 0 Å². The van der Waals surface area contributed by atoms with Gasteiger partial charge in [-0.15, -0.1) is 0 Å². The van der Waals surface area contributed by atoms with Crippen LogP contribution < -0.4 is 5.73 Å². The third-order valence-electron chi connectivity index (χ3n) is 1.87. The molecule has 71 valence electrons. The van der Waals surface area contributed by atoms with E-state index in [2.05, 4.69) is 0 Å². The van der Waals surface area contributed by atoms with Crippen molar-refractivity contribution in [2.75, 3.05) is 12.8 Å². The molecule has 0 fully saturated rings. The fraction of sp³-hybridized carbons (Fsp3) is 0.333. The van der Waals surface area contributed by atoms with Gasteiger partial charge >= 0.3 is 0 Å². The van der Waals surface area contributed by atoms with Gasteiger partial charge in [-0.3, -0.25) is 5.73 Å². The van der Waals surface area contributed by atoms with E-state index in [1.54, 1.807) is 24.3 Å². The Balaban J connectivity index is 3.06. The second-order valence-corrected chi connectivity index (χ2v) is 5.16. The largest absolute Gasteiger partial charge is 0.256 e. The fourth-order valence-electron chi connectivity index (χ4n) is 1.18. The zero-order valence-electron chi connectivity index (χ0n) is 7.40. The standard InChI is InChI=1S/C9H12NO2S/c1-13(11,12)9(7-10)8-5-3-2-4-6-8/h2-6,9-10H,7H2,1H3. The zero-order valence-corrected chi connectivity index (χ0v) is 8.21. The molecule has 1 N–H and O–H groups in total. The topological polar surface area (TPSA) is 57.9 Å². The van der Waals surface area contributed by atoms with E-state index in [9.17, 15) is 8.42 Å². The normalized spacial score (nSPS) is 14.0. The average Bonchev–Trinajstić information content (AvgIpc) is 2.05. The molecular weight excluding hydrogens is 186 g/mol. The highest BCUT2D eigenvalue weighted by Gasteiger charge is 2.20. The molecule has 0 saturated heterocycles. The highest BCUT2D eigenvalue weighted by molar-refractivity contribution is 7.91. The monoisotopic (exact) mass is 198 g/mol. The summed E-state index contributed by atoms with van der Waals surface area (Å²) in [7, 11) is -3.16. The summed E-state index contributed by atoms with van der Waals surface area (Å²) in [4.78, 5) is 0. The van der Waals surface area contributed by atoms with Gasteiger partial charge in [0.1, 0.15) is 0 Å². The van der Waals surface area contributed by atoms with Crippen molar-refractivity contribution in [2.45, 2.75) is 5.25 Å². The minimum atomic E-state index is -3.16. The lowest BCUT2D eigenvalue weighted by Gasteiger charge is -2.11. The Morgan fingerprint density at radius 1 is 1.31 bits per heavy atom. The maximum atomic E-state index is 11.2. The van der Waals surface area contributed by atoms with Crippen LogP contribution >= 0.6 is 0 Å². The molecule has 1 unspecified atom stereocenters. The van der Waals surface area contributed by atoms with Gasteiger partial charge in [0.2, 0.25) is 0 Å². The Bertz CT molecular complexity index is 358. The highest BCUT2D eigenvalue weighted by Crippen LogP contribution is 2.19. The van der Waals surface area contributed by atoms with Gasteiger partial charge in [-0.1, -0.05) is 30.3 Å². The Labute approximate surface area is 78.5 Å². The van der Waals surface area contributed by atoms with Crippen LogP contribution in [0.25, 0.3) is 0 Å². The van der Waals surface area contributed by atoms with E-state index in [-0.39, 0.29) is 6.54 Å². The summed E-state index contributed by atoms with van der Waals surface area (Å²) in [5.41, 5.74) is 7.87. The maximum absolute atomic E-state index is 11.2. The summed E-state index contributed by atoms with van der Waals surface area (Å²) < 4.78 is 22.5. The van der Waals surface area contributed by atoms with E-state index >= 15 is 0 Å². The van der Waals surface area contributed by atoms with E-state index in [1.807, 2.05) is 6.07 Å². The summed E-state index contributed by atoms with van der Waals surface area (Å²) in [6.45, 7) is -0.122. The second kappa shape index (κ2) is 3.89. The van der Waals surface area contributed by atoms with Crippen molar-refractivity contribution in [3.05, 3.63) is 35.9 Å². The van der Waals surface area contributed by atoms with Crippen molar-refractivity contribution >= 4 is 9.84 Å². The van der Waals surface area contributed by atoms with Crippen LogP contribution in [-0.2, 0) is 9.84 Å². The lowest BCUT2D eigenvalue weighted by atomic mass is 10.1. The molecule has 3 nitrogen and oxygen atoms in total. The lowest BCUT2D eigenvalue weighted by molar-refractivity contribution is 0.588. The summed E-state index contributed by atoms with van der Waals surface area (Å²) >= 11 is 0. The van der Waals surface area contributed by atoms with Gasteiger partial charge < -0.3 is 0 Å². The molecule has 0 amide bonds. The van der Waals surface area contributed by atoms with Crippen LogP contribution in [0.2, 0.25) is 0 Å². The number of hydrogen-bond acceptors (Lipinski definition) is 2.